The van der Waals surface area contributed by atoms with E-state index < -0.39 is 29.8 Å². The minimum atomic E-state index is -4.43. The first kappa shape index (κ1) is 15.7. The van der Waals surface area contributed by atoms with Crippen LogP contribution in [0, 0.1) is 0 Å². The molecule has 20 heavy (non-hydrogen) atoms. The maximum absolute atomic E-state index is 12.4. The first-order valence-electron chi connectivity index (χ1n) is 5.49. The number of halogens is 3. The summed E-state index contributed by atoms with van der Waals surface area (Å²) in [7, 11) is 0. The number of benzene rings is 1. The van der Waals surface area contributed by atoms with E-state index in [-0.39, 0.29) is 0 Å². The maximum atomic E-state index is 12.4. The lowest BCUT2D eigenvalue weighted by atomic mass is 10.1. The van der Waals surface area contributed by atoms with Crippen LogP contribution in [-0.4, -0.2) is 17.0 Å². The van der Waals surface area contributed by atoms with Gasteiger partial charge in [0.1, 0.15) is 6.10 Å². The van der Waals surface area contributed by atoms with Crippen LogP contribution in [0.15, 0.2) is 36.4 Å². The highest BCUT2D eigenvalue weighted by Gasteiger charge is 2.30. The van der Waals surface area contributed by atoms with Crippen molar-refractivity contribution in [1.29, 1.82) is 0 Å². The predicted octanol–water partition coefficient (Wildman–Crippen LogP) is 2.95. The second-order valence-corrected chi connectivity index (χ2v) is 3.87. The zero-order valence-corrected chi connectivity index (χ0v) is 10.3. The van der Waals surface area contributed by atoms with Gasteiger partial charge in [-0.05, 0) is 24.6 Å². The SMILES string of the molecule is C[C@H](OC(=O)/C=C/C(=O)O)c1ccc(C(F)(F)F)cc1. The zero-order chi connectivity index (χ0) is 15.3. The molecule has 1 rings (SSSR count). The number of hydrogen-bond donors (Lipinski definition) is 1. The Morgan fingerprint density at radius 2 is 1.75 bits per heavy atom. The molecular weight excluding hydrogens is 277 g/mol. The van der Waals surface area contributed by atoms with Gasteiger partial charge in [0, 0.05) is 12.2 Å². The van der Waals surface area contributed by atoms with E-state index in [9.17, 15) is 22.8 Å². The van der Waals surface area contributed by atoms with Crippen LogP contribution >= 0.6 is 0 Å². The number of alkyl halides is 3. The summed E-state index contributed by atoms with van der Waals surface area (Å²) in [6.45, 7) is 1.47. The smallest absolute Gasteiger partial charge is 0.416 e. The Bertz CT molecular complexity index is 517. The Hall–Kier alpha value is -2.31. The van der Waals surface area contributed by atoms with E-state index in [1.807, 2.05) is 0 Å². The van der Waals surface area contributed by atoms with Gasteiger partial charge in [0.2, 0.25) is 0 Å². The van der Waals surface area contributed by atoms with E-state index in [1.54, 1.807) is 0 Å². The molecule has 0 saturated carbocycles. The first-order valence-corrected chi connectivity index (χ1v) is 5.49. The number of ether oxygens (including phenoxy) is 1. The third kappa shape index (κ3) is 4.75. The van der Waals surface area contributed by atoms with Crippen molar-refractivity contribution in [1.82, 2.24) is 0 Å². The summed E-state index contributed by atoms with van der Waals surface area (Å²) in [6, 6.07) is 4.16. The fourth-order valence-corrected chi connectivity index (χ4v) is 1.36. The predicted molar refractivity (Wildman–Crippen MR) is 62.7 cm³/mol. The lowest BCUT2D eigenvalue weighted by Gasteiger charge is -2.13. The number of rotatable bonds is 4. The largest absolute Gasteiger partial charge is 0.478 e. The molecule has 0 radical (unpaired) electrons. The summed E-state index contributed by atoms with van der Waals surface area (Å²) in [4.78, 5) is 21.4. The summed E-state index contributed by atoms with van der Waals surface area (Å²) in [5.74, 6) is -2.19. The number of carboxylic acid groups (broad SMARTS) is 1. The van der Waals surface area contributed by atoms with Gasteiger partial charge >= 0.3 is 18.1 Å². The van der Waals surface area contributed by atoms with Crippen LogP contribution in [0.4, 0.5) is 13.2 Å². The molecule has 0 bridgehead atoms. The molecule has 0 aliphatic rings. The second-order valence-electron chi connectivity index (χ2n) is 3.87. The molecule has 0 heterocycles. The van der Waals surface area contributed by atoms with Crippen LogP contribution in [0.3, 0.4) is 0 Å². The minimum Gasteiger partial charge on any atom is -0.478 e. The van der Waals surface area contributed by atoms with Crippen molar-refractivity contribution < 1.29 is 32.6 Å². The molecule has 1 atom stereocenters. The average molecular weight is 288 g/mol. The third-order valence-electron chi connectivity index (χ3n) is 2.36. The summed E-state index contributed by atoms with van der Waals surface area (Å²) in [5.41, 5.74) is -0.430. The molecule has 7 heteroatoms. The van der Waals surface area contributed by atoms with Gasteiger partial charge in [-0.3, -0.25) is 0 Å². The average Bonchev–Trinajstić information content (AvgIpc) is 2.35. The van der Waals surface area contributed by atoms with Gasteiger partial charge in [0.15, 0.2) is 0 Å². The lowest BCUT2D eigenvalue weighted by Crippen LogP contribution is -2.08. The number of hydrogen-bond acceptors (Lipinski definition) is 3. The number of carbonyl (C=O) groups excluding carboxylic acids is 1. The van der Waals surface area contributed by atoms with Crippen molar-refractivity contribution in [3.63, 3.8) is 0 Å². The van der Waals surface area contributed by atoms with Gasteiger partial charge in [-0.2, -0.15) is 13.2 Å². The molecular formula is C13H11F3O4. The van der Waals surface area contributed by atoms with Gasteiger partial charge in [-0.1, -0.05) is 12.1 Å². The number of aliphatic carboxylic acids is 1. The maximum Gasteiger partial charge on any atom is 0.416 e. The molecule has 0 amide bonds. The quantitative estimate of drug-likeness (QED) is 0.683. The standard InChI is InChI=1S/C13H11F3O4/c1-8(20-12(19)7-6-11(17)18)9-2-4-10(5-3-9)13(14,15)16/h2-8H,1H3,(H,17,18)/b7-6+/t8-/m0/s1. The van der Waals surface area contributed by atoms with Crippen LogP contribution in [0.25, 0.3) is 0 Å². The highest BCUT2D eigenvalue weighted by Crippen LogP contribution is 2.30. The topological polar surface area (TPSA) is 63.6 Å². The summed E-state index contributed by atoms with van der Waals surface area (Å²) in [5, 5.41) is 8.32. The Kier molecular flexibility index (Phi) is 4.90. The molecule has 0 aliphatic heterocycles. The minimum absolute atomic E-state index is 0.370. The molecule has 0 saturated heterocycles. The highest BCUT2D eigenvalue weighted by molar-refractivity contribution is 5.90. The monoisotopic (exact) mass is 288 g/mol. The summed E-state index contributed by atoms with van der Waals surface area (Å²) < 4.78 is 41.9. The van der Waals surface area contributed by atoms with Gasteiger partial charge in [0.05, 0.1) is 5.56 Å². The van der Waals surface area contributed by atoms with E-state index in [1.165, 1.54) is 19.1 Å². The molecule has 4 nitrogen and oxygen atoms in total. The molecule has 0 fully saturated rings. The number of esters is 1. The molecule has 1 N–H and O–H groups in total. The van der Waals surface area contributed by atoms with E-state index in [0.29, 0.717) is 11.6 Å². The van der Waals surface area contributed by atoms with Gasteiger partial charge < -0.3 is 9.84 Å². The molecule has 0 aromatic heterocycles. The van der Waals surface area contributed by atoms with E-state index in [2.05, 4.69) is 0 Å². The molecule has 0 unspecified atom stereocenters. The third-order valence-corrected chi connectivity index (χ3v) is 2.36. The summed E-state index contributed by atoms with van der Waals surface area (Å²) >= 11 is 0. The Balaban J connectivity index is 2.71. The van der Waals surface area contributed by atoms with Crippen LogP contribution < -0.4 is 0 Å². The van der Waals surface area contributed by atoms with E-state index >= 15 is 0 Å². The fraction of sp³-hybridized carbons (Fsp3) is 0.231. The van der Waals surface area contributed by atoms with Crippen molar-refractivity contribution in [2.24, 2.45) is 0 Å². The normalized spacial score (nSPS) is 13.2. The van der Waals surface area contributed by atoms with Crippen molar-refractivity contribution in [3.05, 3.63) is 47.5 Å². The van der Waals surface area contributed by atoms with Crippen LogP contribution in [-0.2, 0) is 20.5 Å². The summed E-state index contributed by atoms with van der Waals surface area (Å²) in [6.07, 6.45) is -3.88. The van der Waals surface area contributed by atoms with Gasteiger partial charge in [-0.25, -0.2) is 9.59 Å². The van der Waals surface area contributed by atoms with Crippen LogP contribution in [0.5, 0.6) is 0 Å². The van der Waals surface area contributed by atoms with E-state index in [4.69, 9.17) is 9.84 Å². The number of carboxylic acids is 1. The van der Waals surface area contributed by atoms with Crippen molar-refractivity contribution in [2.45, 2.75) is 19.2 Å². The first-order chi connectivity index (χ1) is 9.20. The van der Waals surface area contributed by atoms with Crippen LogP contribution in [0.1, 0.15) is 24.2 Å². The number of carbonyl (C=O) groups is 2. The van der Waals surface area contributed by atoms with Crippen molar-refractivity contribution in [3.8, 4) is 0 Å². The Morgan fingerprint density at radius 1 is 1.20 bits per heavy atom. The highest BCUT2D eigenvalue weighted by atomic mass is 19.4. The Morgan fingerprint density at radius 3 is 2.20 bits per heavy atom. The Labute approximate surface area is 112 Å². The molecule has 1 aromatic rings. The lowest BCUT2D eigenvalue weighted by molar-refractivity contribution is -0.143. The van der Waals surface area contributed by atoms with Crippen LogP contribution in [0.2, 0.25) is 0 Å². The van der Waals surface area contributed by atoms with Gasteiger partial charge in [0.25, 0.3) is 0 Å². The molecule has 108 valence electrons. The zero-order valence-electron chi connectivity index (χ0n) is 10.3. The van der Waals surface area contributed by atoms with Crippen molar-refractivity contribution >= 4 is 11.9 Å². The second kappa shape index (κ2) is 6.23. The molecule has 0 spiro atoms. The molecule has 1 aromatic carbocycles. The van der Waals surface area contributed by atoms with Gasteiger partial charge in [-0.15, -0.1) is 0 Å². The molecule has 0 aliphatic carbocycles. The van der Waals surface area contributed by atoms with Crippen molar-refractivity contribution in [2.75, 3.05) is 0 Å². The van der Waals surface area contributed by atoms with E-state index in [0.717, 1.165) is 18.2 Å². The fourth-order valence-electron chi connectivity index (χ4n) is 1.36.